The highest BCUT2D eigenvalue weighted by atomic mass is 16.2. The fourth-order valence-corrected chi connectivity index (χ4v) is 4.60. The molecule has 1 heterocycles. The van der Waals surface area contributed by atoms with Crippen LogP contribution in [0.15, 0.2) is 24.3 Å². The van der Waals surface area contributed by atoms with Crippen LogP contribution in [0, 0.1) is 11.8 Å². The van der Waals surface area contributed by atoms with Crippen molar-refractivity contribution in [1.82, 2.24) is 15.5 Å². The topological polar surface area (TPSA) is 78.5 Å². The van der Waals surface area contributed by atoms with Crippen molar-refractivity contribution in [3.8, 4) is 0 Å². The van der Waals surface area contributed by atoms with E-state index in [0.29, 0.717) is 6.42 Å². The molecule has 158 valence electrons. The van der Waals surface area contributed by atoms with E-state index in [1.165, 1.54) is 5.56 Å². The summed E-state index contributed by atoms with van der Waals surface area (Å²) in [6.07, 6.45) is 4.51. The molecule has 1 aromatic carbocycles. The number of nitrogens with one attached hydrogen (secondary N) is 2. The molecule has 2 N–H and O–H groups in total. The lowest BCUT2D eigenvalue weighted by atomic mass is 9.73. The average Bonchev–Trinajstić information content (AvgIpc) is 2.93. The molecule has 1 spiro atoms. The second-order valence-corrected chi connectivity index (χ2v) is 8.82. The molecule has 6 nitrogen and oxygen atoms in total. The monoisotopic (exact) mass is 399 g/mol. The normalized spacial score (nSPS) is 25.4. The van der Waals surface area contributed by atoms with Crippen LogP contribution in [-0.4, -0.2) is 34.8 Å². The number of benzene rings is 1. The minimum atomic E-state index is -0.830. The predicted molar refractivity (Wildman–Crippen MR) is 112 cm³/mol. The number of carbonyl (C=O) groups excluding carboxylic acids is 3. The van der Waals surface area contributed by atoms with Gasteiger partial charge in [-0.25, -0.2) is 4.79 Å². The number of rotatable bonds is 6. The number of nitrogens with zero attached hydrogens (tertiary/aromatic N) is 1. The number of urea groups is 1. The van der Waals surface area contributed by atoms with Crippen LogP contribution < -0.4 is 10.6 Å². The number of hydrogen-bond donors (Lipinski definition) is 2. The Hall–Kier alpha value is -2.37. The second-order valence-electron chi connectivity index (χ2n) is 8.82. The van der Waals surface area contributed by atoms with Crippen LogP contribution in [0.5, 0.6) is 0 Å². The molecule has 3 atom stereocenters. The number of amides is 4. The Kier molecular flexibility index (Phi) is 6.30. The van der Waals surface area contributed by atoms with Crippen LogP contribution in [0.4, 0.5) is 4.79 Å². The van der Waals surface area contributed by atoms with Crippen molar-refractivity contribution >= 4 is 17.8 Å². The van der Waals surface area contributed by atoms with Gasteiger partial charge in [-0.15, -0.1) is 0 Å². The number of aryl methyl sites for hydroxylation is 1. The summed E-state index contributed by atoms with van der Waals surface area (Å²) in [5.74, 6) is -0.300. The van der Waals surface area contributed by atoms with Crippen LogP contribution >= 0.6 is 0 Å². The van der Waals surface area contributed by atoms with E-state index in [1.807, 2.05) is 32.9 Å². The third-order valence-electron chi connectivity index (χ3n) is 6.53. The zero-order valence-corrected chi connectivity index (χ0v) is 18.0. The molecule has 2 aliphatic rings. The molecule has 2 fully saturated rings. The Morgan fingerprint density at radius 3 is 2.52 bits per heavy atom. The molecule has 1 saturated heterocycles. The highest BCUT2D eigenvalue weighted by Crippen LogP contribution is 2.38. The molecule has 4 amide bonds. The molecule has 0 aromatic heterocycles. The van der Waals surface area contributed by atoms with Gasteiger partial charge >= 0.3 is 6.03 Å². The minimum absolute atomic E-state index is 0.0845. The maximum atomic E-state index is 13.1. The van der Waals surface area contributed by atoms with E-state index < -0.39 is 11.6 Å². The van der Waals surface area contributed by atoms with Gasteiger partial charge in [0.15, 0.2) is 0 Å². The summed E-state index contributed by atoms with van der Waals surface area (Å²) in [7, 11) is 0. The summed E-state index contributed by atoms with van der Waals surface area (Å²) < 4.78 is 0. The van der Waals surface area contributed by atoms with E-state index in [1.54, 1.807) is 0 Å². The fourth-order valence-electron chi connectivity index (χ4n) is 4.60. The van der Waals surface area contributed by atoms with Gasteiger partial charge in [-0.2, -0.15) is 0 Å². The smallest absolute Gasteiger partial charge is 0.325 e. The zero-order chi connectivity index (χ0) is 21.2. The number of carbonyl (C=O) groups is 3. The van der Waals surface area contributed by atoms with Crippen molar-refractivity contribution in [3.05, 3.63) is 35.4 Å². The molecular weight excluding hydrogens is 366 g/mol. The van der Waals surface area contributed by atoms with Crippen LogP contribution in [-0.2, 0) is 16.0 Å². The Balaban J connectivity index is 1.70. The van der Waals surface area contributed by atoms with E-state index in [2.05, 4.69) is 29.7 Å². The Morgan fingerprint density at radius 1 is 1.24 bits per heavy atom. The quantitative estimate of drug-likeness (QED) is 0.718. The Labute approximate surface area is 173 Å². The first-order valence-corrected chi connectivity index (χ1v) is 10.8. The molecule has 1 aromatic rings. The molecule has 29 heavy (non-hydrogen) atoms. The Morgan fingerprint density at radius 2 is 1.93 bits per heavy atom. The van der Waals surface area contributed by atoms with Gasteiger partial charge in [0.25, 0.3) is 5.91 Å². The summed E-state index contributed by atoms with van der Waals surface area (Å²) in [6, 6.07) is 7.60. The largest absolute Gasteiger partial charge is 0.347 e. The van der Waals surface area contributed by atoms with Gasteiger partial charge in [-0.05, 0) is 42.2 Å². The van der Waals surface area contributed by atoms with Crippen molar-refractivity contribution in [2.45, 2.75) is 71.4 Å². The maximum Gasteiger partial charge on any atom is 0.325 e. The third-order valence-corrected chi connectivity index (χ3v) is 6.53. The summed E-state index contributed by atoms with van der Waals surface area (Å²) in [5, 5.41) is 5.93. The molecule has 0 unspecified atom stereocenters. The number of hydrogen-bond acceptors (Lipinski definition) is 3. The van der Waals surface area contributed by atoms with Gasteiger partial charge in [0.05, 0.1) is 6.04 Å². The van der Waals surface area contributed by atoms with Crippen LogP contribution in [0.1, 0.15) is 70.5 Å². The molecule has 0 bridgehead atoms. The molecule has 1 aliphatic heterocycles. The first-order valence-electron chi connectivity index (χ1n) is 10.8. The maximum absolute atomic E-state index is 13.1. The molecular formula is C23H33N3O3. The van der Waals surface area contributed by atoms with Crippen LogP contribution in [0.2, 0.25) is 0 Å². The lowest BCUT2D eigenvalue weighted by molar-refractivity contribution is -0.137. The van der Waals surface area contributed by atoms with E-state index in [9.17, 15) is 14.4 Å². The first-order chi connectivity index (χ1) is 13.8. The molecule has 6 heteroatoms. The van der Waals surface area contributed by atoms with Gasteiger partial charge in [0.1, 0.15) is 12.1 Å². The lowest BCUT2D eigenvalue weighted by Gasteiger charge is -2.36. The van der Waals surface area contributed by atoms with Crippen molar-refractivity contribution in [2.24, 2.45) is 11.8 Å². The van der Waals surface area contributed by atoms with Gasteiger partial charge in [-0.1, -0.05) is 64.8 Å². The molecule has 3 rings (SSSR count). The highest BCUT2D eigenvalue weighted by molar-refractivity contribution is 6.09. The van der Waals surface area contributed by atoms with Crippen molar-refractivity contribution in [3.63, 3.8) is 0 Å². The molecule has 1 aliphatic carbocycles. The van der Waals surface area contributed by atoms with Crippen molar-refractivity contribution in [1.29, 1.82) is 0 Å². The van der Waals surface area contributed by atoms with Gasteiger partial charge in [-0.3, -0.25) is 14.5 Å². The zero-order valence-electron chi connectivity index (χ0n) is 18.0. The third kappa shape index (κ3) is 4.16. The van der Waals surface area contributed by atoms with Crippen LogP contribution in [0.25, 0.3) is 0 Å². The standard InChI is InChI=1S/C23H33N3O3/c1-5-17-9-11-18(12-10-17)20(15(2)3)24-19(27)14-26-21(28)23(25-22(26)29)13-7-6-8-16(23)4/h9-12,15-16,20H,5-8,13-14H2,1-4H3,(H,24,27)(H,25,29)/t16-,20+,23+/m0/s1. The van der Waals surface area contributed by atoms with Gasteiger partial charge in [0, 0.05) is 0 Å². The van der Waals surface area contributed by atoms with Gasteiger partial charge in [0.2, 0.25) is 5.91 Å². The molecule has 0 radical (unpaired) electrons. The van der Waals surface area contributed by atoms with Crippen molar-refractivity contribution < 1.29 is 14.4 Å². The predicted octanol–water partition coefficient (Wildman–Crippen LogP) is 3.56. The van der Waals surface area contributed by atoms with E-state index in [0.717, 1.165) is 36.1 Å². The summed E-state index contributed by atoms with van der Waals surface area (Å²) in [6.45, 7) is 7.97. The van der Waals surface area contributed by atoms with E-state index >= 15 is 0 Å². The Bertz CT molecular complexity index is 774. The van der Waals surface area contributed by atoms with Crippen molar-refractivity contribution in [2.75, 3.05) is 6.54 Å². The fraction of sp³-hybridized carbons (Fsp3) is 0.609. The second kappa shape index (κ2) is 8.56. The average molecular weight is 400 g/mol. The van der Waals surface area contributed by atoms with Crippen LogP contribution in [0.3, 0.4) is 0 Å². The van der Waals surface area contributed by atoms with E-state index in [4.69, 9.17) is 0 Å². The molecule has 1 saturated carbocycles. The van der Waals surface area contributed by atoms with E-state index in [-0.39, 0.29) is 36.2 Å². The highest BCUT2D eigenvalue weighted by Gasteiger charge is 2.55. The minimum Gasteiger partial charge on any atom is -0.347 e. The van der Waals surface area contributed by atoms with Gasteiger partial charge < -0.3 is 10.6 Å². The summed E-state index contributed by atoms with van der Waals surface area (Å²) >= 11 is 0. The number of imide groups is 1. The summed E-state index contributed by atoms with van der Waals surface area (Å²) in [5.41, 5.74) is 1.44. The first kappa shape index (κ1) is 21.3. The summed E-state index contributed by atoms with van der Waals surface area (Å²) in [4.78, 5) is 39.4. The lowest BCUT2D eigenvalue weighted by Crippen LogP contribution is -2.54. The SMILES string of the molecule is CCc1ccc([C@H](NC(=O)CN2C(=O)N[C@@]3(CCCC[C@@H]3C)C2=O)C(C)C)cc1.